The third-order valence-electron chi connectivity index (χ3n) is 2.82. The second kappa shape index (κ2) is 5.34. The molecule has 0 saturated carbocycles. The monoisotopic (exact) mass is 330 g/mol. The van der Waals surface area contributed by atoms with Gasteiger partial charge in [-0.05, 0) is 40.2 Å². The third-order valence-corrected chi connectivity index (χ3v) is 3.28. The highest BCUT2D eigenvalue weighted by molar-refractivity contribution is 9.10. The van der Waals surface area contributed by atoms with Crippen molar-refractivity contribution in [3.8, 4) is 11.3 Å². The largest absolute Gasteiger partial charge is 0.356 e. The van der Waals surface area contributed by atoms with Crippen LogP contribution in [0.2, 0.25) is 0 Å². The van der Waals surface area contributed by atoms with Crippen molar-refractivity contribution in [3.05, 3.63) is 59.0 Å². The molecule has 0 radical (unpaired) electrons. The molecule has 100 valence electrons. The van der Waals surface area contributed by atoms with E-state index in [0.29, 0.717) is 5.69 Å². The number of halogens is 1. The summed E-state index contributed by atoms with van der Waals surface area (Å²) in [6.45, 7) is 0. The van der Waals surface area contributed by atoms with Gasteiger partial charge in [0.1, 0.15) is 5.69 Å². The Morgan fingerprint density at radius 1 is 1.25 bits per heavy atom. The lowest BCUT2D eigenvalue weighted by Gasteiger charge is -2.05. The molecule has 0 bridgehead atoms. The number of amides is 1. The normalized spacial score (nSPS) is 10.4. The lowest BCUT2D eigenvalue weighted by atomic mass is 10.1. The molecule has 0 aliphatic rings. The minimum atomic E-state index is -0.183. The highest BCUT2D eigenvalue weighted by atomic mass is 79.9. The second-order valence-electron chi connectivity index (χ2n) is 4.24. The molecule has 0 saturated heterocycles. The van der Waals surface area contributed by atoms with Gasteiger partial charge < -0.3 is 10.3 Å². The van der Waals surface area contributed by atoms with Crippen LogP contribution in [0.4, 0.5) is 5.69 Å². The number of nitrogens with one attached hydrogen (secondary N) is 3. The Morgan fingerprint density at radius 2 is 2.15 bits per heavy atom. The van der Waals surface area contributed by atoms with Crippen LogP contribution in [0.5, 0.6) is 0 Å². The van der Waals surface area contributed by atoms with E-state index in [0.717, 1.165) is 21.4 Å². The molecule has 3 N–H and O–H groups in total. The number of benzene rings is 1. The minimum absolute atomic E-state index is 0.183. The van der Waals surface area contributed by atoms with Crippen molar-refractivity contribution in [2.75, 3.05) is 5.32 Å². The second-order valence-corrected chi connectivity index (χ2v) is 5.15. The molecule has 2 aromatic heterocycles. The number of anilines is 1. The molecule has 0 unspecified atom stereocenters. The topological polar surface area (TPSA) is 73.6 Å². The van der Waals surface area contributed by atoms with Gasteiger partial charge in [-0.3, -0.25) is 9.89 Å². The Labute approximate surface area is 123 Å². The molecule has 0 aliphatic carbocycles. The molecular weight excluding hydrogens is 320 g/mol. The summed E-state index contributed by atoms with van der Waals surface area (Å²) < 4.78 is 0.842. The number of hydrogen-bond acceptors (Lipinski definition) is 2. The van der Waals surface area contributed by atoms with Crippen LogP contribution in [0.25, 0.3) is 11.3 Å². The van der Waals surface area contributed by atoms with E-state index >= 15 is 0 Å². The average molecular weight is 331 g/mol. The Kier molecular flexibility index (Phi) is 3.39. The van der Waals surface area contributed by atoms with Crippen LogP contribution in [-0.4, -0.2) is 21.1 Å². The molecule has 1 aromatic carbocycles. The Bertz CT molecular complexity index is 733. The zero-order chi connectivity index (χ0) is 13.9. The van der Waals surface area contributed by atoms with Gasteiger partial charge in [0.15, 0.2) is 0 Å². The number of H-pyrrole nitrogens is 2. The molecule has 0 fully saturated rings. The van der Waals surface area contributed by atoms with Crippen molar-refractivity contribution in [2.24, 2.45) is 0 Å². The van der Waals surface area contributed by atoms with E-state index in [1.807, 2.05) is 30.3 Å². The quantitative estimate of drug-likeness (QED) is 0.688. The zero-order valence-corrected chi connectivity index (χ0v) is 11.9. The van der Waals surface area contributed by atoms with Crippen molar-refractivity contribution >= 4 is 27.5 Å². The molecule has 3 rings (SSSR count). The van der Waals surface area contributed by atoms with Crippen LogP contribution in [0.1, 0.15) is 10.5 Å². The summed E-state index contributed by atoms with van der Waals surface area (Å²) in [5.41, 5.74) is 3.10. The van der Waals surface area contributed by atoms with E-state index in [4.69, 9.17) is 0 Å². The van der Waals surface area contributed by atoms with Crippen molar-refractivity contribution in [2.45, 2.75) is 0 Å². The summed E-state index contributed by atoms with van der Waals surface area (Å²) in [4.78, 5) is 14.9. The first-order valence-corrected chi connectivity index (χ1v) is 6.77. The SMILES string of the molecule is O=C(Nc1cccc(-c2ccn[nH]2)c1)c1cc(Br)c[nH]1. The molecule has 2 heterocycles. The lowest BCUT2D eigenvalue weighted by molar-refractivity contribution is 0.102. The maximum absolute atomic E-state index is 12.0. The Balaban J connectivity index is 1.81. The van der Waals surface area contributed by atoms with Crippen molar-refractivity contribution in [3.63, 3.8) is 0 Å². The Morgan fingerprint density at radius 3 is 2.85 bits per heavy atom. The van der Waals surface area contributed by atoms with E-state index in [1.165, 1.54) is 0 Å². The van der Waals surface area contributed by atoms with Crippen molar-refractivity contribution < 1.29 is 4.79 Å². The number of aromatic amines is 2. The molecular formula is C14H11BrN4O. The predicted molar refractivity (Wildman–Crippen MR) is 80.5 cm³/mol. The molecule has 1 amide bonds. The van der Waals surface area contributed by atoms with Crippen molar-refractivity contribution in [1.29, 1.82) is 0 Å². The molecule has 3 aromatic rings. The first kappa shape index (κ1) is 12.7. The van der Waals surface area contributed by atoms with Crippen LogP contribution in [-0.2, 0) is 0 Å². The number of carbonyl (C=O) groups is 1. The van der Waals surface area contributed by atoms with Gasteiger partial charge in [-0.1, -0.05) is 12.1 Å². The number of carbonyl (C=O) groups excluding carboxylic acids is 1. The highest BCUT2D eigenvalue weighted by Gasteiger charge is 2.09. The van der Waals surface area contributed by atoms with Gasteiger partial charge in [0.25, 0.3) is 5.91 Å². The molecule has 5 nitrogen and oxygen atoms in total. The van der Waals surface area contributed by atoms with Gasteiger partial charge >= 0.3 is 0 Å². The van der Waals surface area contributed by atoms with E-state index < -0.39 is 0 Å². The predicted octanol–water partition coefficient (Wildman–Crippen LogP) is 3.42. The summed E-state index contributed by atoms with van der Waals surface area (Å²) >= 11 is 3.30. The summed E-state index contributed by atoms with van der Waals surface area (Å²) in [7, 11) is 0. The number of hydrogen-bond donors (Lipinski definition) is 3. The van der Waals surface area contributed by atoms with Crippen LogP contribution in [0.3, 0.4) is 0 Å². The van der Waals surface area contributed by atoms with E-state index in [9.17, 15) is 4.79 Å². The number of rotatable bonds is 3. The fraction of sp³-hybridized carbons (Fsp3) is 0. The smallest absolute Gasteiger partial charge is 0.272 e. The van der Waals surface area contributed by atoms with Crippen LogP contribution in [0, 0.1) is 0 Å². The fourth-order valence-electron chi connectivity index (χ4n) is 1.88. The van der Waals surface area contributed by atoms with Gasteiger partial charge in [0.05, 0.1) is 5.69 Å². The molecule has 0 aliphatic heterocycles. The Hall–Kier alpha value is -2.34. The molecule has 20 heavy (non-hydrogen) atoms. The van der Waals surface area contributed by atoms with Gasteiger partial charge in [0, 0.05) is 28.1 Å². The summed E-state index contributed by atoms with van der Waals surface area (Å²) in [6, 6.07) is 11.2. The van der Waals surface area contributed by atoms with Gasteiger partial charge in [-0.15, -0.1) is 0 Å². The third kappa shape index (κ3) is 2.65. The van der Waals surface area contributed by atoms with E-state index in [-0.39, 0.29) is 5.91 Å². The van der Waals surface area contributed by atoms with Crippen molar-refractivity contribution in [1.82, 2.24) is 15.2 Å². The van der Waals surface area contributed by atoms with E-state index in [1.54, 1.807) is 18.5 Å². The molecule has 0 atom stereocenters. The fourth-order valence-corrected chi connectivity index (χ4v) is 2.22. The lowest BCUT2D eigenvalue weighted by Crippen LogP contribution is -2.12. The van der Waals surface area contributed by atoms with Crippen LogP contribution >= 0.6 is 15.9 Å². The zero-order valence-electron chi connectivity index (χ0n) is 10.4. The number of aromatic nitrogens is 3. The molecule has 6 heteroatoms. The summed E-state index contributed by atoms with van der Waals surface area (Å²) in [5, 5.41) is 9.66. The average Bonchev–Trinajstić information content (AvgIpc) is 3.10. The summed E-state index contributed by atoms with van der Waals surface area (Å²) in [6.07, 6.45) is 3.41. The first-order chi connectivity index (χ1) is 9.72. The van der Waals surface area contributed by atoms with Crippen LogP contribution in [0.15, 0.2) is 53.3 Å². The van der Waals surface area contributed by atoms with Crippen LogP contribution < -0.4 is 5.32 Å². The highest BCUT2D eigenvalue weighted by Crippen LogP contribution is 2.21. The minimum Gasteiger partial charge on any atom is -0.356 e. The van der Waals surface area contributed by atoms with Gasteiger partial charge in [0.2, 0.25) is 0 Å². The molecule has 0 spiro atoms. The summed E-state index contributed by atoms with van der Waals surface area (Å²) in [5.74, 6) is -0.183. The van der Waals surface area contributed by atoms with Gasteiger partial charge in [-0.25, -0.2) is 0 Å². The maximum atomic E-state index is 12.0. The standard InChI is InChI=1S/C14H11BrN4O/c15-10-7-13(16-8-10)14(20)18-11-3-1-2-9(6-11)12-4-5-17-19-12/h1-8,16H,(H,17,19)(H,18,20). The van der Waals surface area contributed by atoms with Gasteiger partial charge in [-0.2, -0.15) is 5.10 Å². The maximum Gasteiger partial charge on any atom is 0.272 e. The van der Waals surface area contributed by atoms with E-state index in [2.05, 4.69) is 36.4 Å². The number of nitrogens with zero attached hydrogens (tertiary/aromatic N) is 1. The first-order valence-electron chi connectivity index (χ1n) is 5.97.